The highest BCUT2D eigenvalue weighted by atomic mass is 19.4. The highest BCUT2D eigenvalue weighted by Gasteiger charge is 2.32. The molecule has 7 heteroatoms. The van der Waals surface area contributed by atoms with Crippen molar-refractivity contribution >= 4 is 5.97 Å². The molecule has 1 rings (SSSR count). The minimum Gasteiger partial charge on any atom is -0.459 e. The Kier molecular flexibility index (Phi) is 3.59. The summed E-state index contributed by atoms with van der Waals surface area (Å²) in [7, 11) is 0. The second-order valence-electron chi connectivity index (χ2n) is 3.57. The lowest BCUT2D eigenvalue weighted by Crippen LogP contribution is -2.24. The molecule has 1 heterocycles. The number of hydrogen-bond acceptors (Lipinski definition) is 3. The highest BCUT2D eigenvalue weighted by molar-refractivity contribution is 5.89. The van der Waals surface area contributed by atoms with Gasteiger partial charge in [0.05, 0.1) is 6.10 Å². The van der Waals surface area contributed by atoms with Crippen LogP contribution in [0.3, 0.4) is 0 Å². The van der Waals surface area contributed by atoms with Crippen molar-refractivity contribution in [3.05, 3.63) is 33.7 Å². The number of carbonyl (C=O) groups excluding carboxylic acids is 1. The van der Waals surface area contributed by atoms with Crippen molar-refractivity contribution in [1.29, 1.82) is 0 Å². The Morgan fingerprint density at radius 3 is 2.35 bits per heavy atom. The number of rotatable bonds is 2. The summed E-state index contributed by atoms with van der Waals surface area (Å²) in [5.74, 6) is -0.949. The molecule has 0 atom stereocenters. The first-order chi connectivity index (χ1) is 7.71. The van der Waals surface area contributed by atoms with Gasteiger partial charge in [0.15, 0.2) is 0 Å². The second kappa shape index (κ2) is 4.60. The summed E-state index contributed by atoms with van der Waals surface area (Å²) in [6, 6.07) is 1.42. The van der Waals surface area contributed by atoms with E-state index in [1.165, 1.54) is 0 Å². The van der Waals surface area contributed by atoms with Crippen LogP contribution in [0.4, 0.5) is 13.2 Å². The number of aromatic nitrogens is 1. The van der Waals surface area contributed by atoms with Crippen LogP contribution >= 0.6 is 0 Å². The van der Waals surface area contributed by atoms with Crippen LogP contribution in [-0.4, -0.2) is 17.1 Å². The second-order valence-corrected chi connectivity index (χ2v) is 3.57. The predicted molar refractivity (Wildman–Crippen MR) is 52.6 cm³/mol. The number of aromatic amines is 1. The number of H-pyrrole nitrogens is 1. The van der Waals surface area contributed by atoms with Crippen LogP contribution in [0.25, 0.3) is 0 Å². The van der Waals surface area contributed by atoms with Crippen molar-refractivity contribution in [2.45, 2.75) is 26.1 Å². The van der Waals surface area contributed by atoms with Gasteiger partial charge in [0.2, 0.25) is 0 Å². The maximum absolute atomic E-state index is 12.2. The fourth-order valence-corrected chi connectivity index (χ4v) is 1.08. The van der Waals surface area contributed by atoms with E-state index >= 15 is 0 Å². The van der Waals surface area contributed by atoms with Gasteiger partial charge < -0.3 is 9.72 Å². The van der Waals surface area contributed by atoms with Gasteiger partial charge in [-0.3, -0.25) is 4.79 Å². The first-order valence-corrected chi connectivity index (χ1v) is 4.73. The Balaban J connectivity index is 3.07. The maximum Gasteiger partial charge on any atom is 0.431 e. The van der Waals surface area contributed by atoms with Crippen LogP contribution in [0, 0.1) is 0 Å². The summed E-state index contributed by atoms with van der Waals surface area (Å²) >= 11 is 0. The number of pyridine rings is 1. The van der Waals surface area contributed by atoms with Gasteiger partial charge in [-0.2, -0.15) is 13.2 Å². The van der Waals surface area contributed by atoms with E-state index in [2.05, 4.69) is 0 Å². The third-order valence-corrected chi connectivity index (χ3v) is 1.78. The third kappa shape index (κ3) is 3.33. The van der Waals surface area contributed by atoms with Gasteiger partial charge in [-0.05, 0) is 26.0 Å². The molecule has 0 saturated carbocycles. The number of carbonyl (C=O) groups is 1. The fourth-order valence-electron chi connectivity index (χ4n) is 1.08. The quantitative estimate of drug-likeness (QED) is 0.815. The van der Waals surface area contributed by atoms with E-state index in [0.717, 1.165) is 6.07 Å². The molecule has 0 aliphatic rings. The zero-order valence-corrected chi connectivity index (χ0v) is 9.09. The number of ether oxygens (including phenoxy) is 1. The minimum atomic E-state index is -4.65. The van der Waals surface area contributed by atoms with Crippen LogP contribution in [0.1, 0.15) is 29.9 Å². The standard InChI is InChI=1S/C10H10F3NO3/c1-5(2)17-9(16)6-3-4-7(10(11,12)13)14-8(6)15/h3-5H,1-2H3,(H,14,15). The predicted octanol–water partition coefficient (Wildman–Crippen LogP) is 1.96. The van der Waals surface area contributed by atoms with Crippen LogP contribution < -0.4 is 5.56 Å². The van der Waals surface area contributed by atoms with E-state index in [4.69, 9.17) is 4.74 Å². The topological polar surface area (TPSA) is 59.2 Å². The number of nitrogens with one attached hydrogen (secondary N) is 1. The number of esters is 1. The SMILES string of the molecule is CC(C)OC(=O)c1ccc(C(F)(F)F)[nH]c1=O. The van der Waals surface area contributed by atoms with Crippen molar-refractivity contribution < 1.29 is 22.7 Å². The van der Waals surface area contributed by atoms with Gasteiger partial charge in [-0.1, -0.05) is 0 Å². The van der Waals surface area contributed by atoms with E-state index < -0.39 is 35.1 Å². The Bertz CT molecular complexity index is 476. The number of hydrogen-bond donors (Lipinski definition) is 1. The van der Waals surface area contributed by atoms with Gasteiger partial charge in [0.25, 0.3) is 5.56 Å². The Labute approximate surface area is 94.4 Å². The summed E-state index contributed by atoms with van der Waals surface area (Å²) in [6.45, 7) is 3.13. The highest BCUT2D eigenvalue weighted by Crippen LogP contribution is 2.26. The Hall–Kier alpha value is -1.79. The van der Waals surface area contributed by atoms with Gasteiger partial charge >= 0.3 is 12.1 Å². The summed E-state index contributed by atoms with van der Waals surface area (Å²) in [4.78, 5) is 24.2. The zero-order valence-electron chi connectivity index (χ0n) is 9.09. The molecule has 0 bridgehead atoms. The van der Waals surface area contributed by atoms with Gasteiger partial charge in [-0.25, -0.2) is 4.79 Å². The summed E-state index contributed by atoms with van der Waals surface area (Å²) in [6.07, 6.45) is -5.11. The average molecular weight is 249 g/mol. The molecule has 0 saturated heterocycles. The van der Waals surface area contributed by atoms with Gasteiger partial charge in [0.1, 0.15) is 11.3 Å². The van der Waals surface area contributed by atoms with E-state index in [-0.39, 0.29) is 0 Å². The van der Waals surface area contributed by atoms with Crippen LogP contribution in [0.15, 0.2) is 16.9 Å². The van der Waals surface area contributed by atoms with Crippen molar-refractivity contribution in [3.63, 3.8) is 0 Å². The molecule has 0 aliphatic heterocycles. The van der Waals surface area contributed by atoms with Crippen LogP contribution in [0.2, 0.25) is 0 Å². The molecule has 0 spiro atoms. The molecule has 1 aromatic rings. The zero-order chi connectivity index (χ0) is 13.2. The molecular weight excluding hydrogens is 239 g/mol. The van der Waals surface area contributed by atoms with E-state index in [9.17, 15) is 22.8 Å². The molecule has 0 radical (unpaired) electrons. The molecule has 1 N–H and O–H groups in total. The van der Waals surface area contributed by atoms with Crippen LogP contribution in [-0.2, 0) is 10.9 Å². The molecular formula is C10H10F3NO3. The first kappa shape index (κ1) is 13.3. The van der Waals surface area contributed by atoms with Crippen LogP contribution in [0.5, 0.6) is 0 Å². The molecule has 0 aromatic carbocycles. The smallest absolute Gasteiger partial charge is 0.431 e. The maximum atomic E-state index is 12.2. The molecule has 17 heavy (non-hydrogen) atoms. The lowest BCUT2D eigenvalue weighted by atomic mass is 10.2. The first-order valence-electron chi connectivity index (χ1n) is 4.73. The van der Waals surface area contributed by atoms with Crippen molar-refractivity contribution in [1.82, 2.24) is 4.98 Å². The molecule has 0 unspecified atom stereocenters. The third-order valence-electron chi connectivity index (χ3n) is 1.78. The van der Waals surface area contributed by atoms with Crippen molar-refractivity contribution in [2.75, 3.05) is 0 Å². The Morgan fingerprint density at radius 2 is 1.94 bits per heavy atom. The largest absolute Gasteiger partial charge is 0.459 e. The summed E-state index contributed by atoms with van der Waals surface area (Å²) < 4.78 is 41.4. The minimum absolute atomic E-state index is 0.452. The van der Waals surface area contributed by atoms with Gasteiger partial charge in [-0.15, -0.1) is 0 Å². The van der Waals surface area contributed by atoms with E-state index in [1.54, 1.807) is 18.8 Å². The van der Waals surface area contributed by atoms with E-state index in [1.807, 2.05) is 0 Å². The average Bonchev–Trinajstić information content (AvgIpc) is 2.14. The van der Waals surface area contributed by atoms with Crippen molar-refractivity contribution in [3.8, 4) is 0 Å². The van der Waals surface area contributed by atoms with Crippen molar-refractivity contribution in [2.24, 2.45) is 0 Å². The molecule has 0 fully saturated rings. The molecule has 4 nitrogen and oxygen atoms in total. The number of halogens is 3. The fraction of sp³-hybridized carbons (Fsp3) is 0.400. The summed E-state index contributed by atoms with van der Waals surface area (Å²) in [5, 5.41) is 0. The molecule has 1 aromatic heterocycles. The normalized spacial score (nSPS) is 11.6. The molecule has 94 valence electrons. The van der Waals surface area contributed by atoms with E-state index in [0.29, 0.717) is 6.07 Å². The number of alkyl halides is 3. The lowest BCUT2D eigenvalue weighted by Gasteiger charge is -2.09. The van der Waals surface area contributed by atoms with Gasteiger partial charge in [0, 0.05) is 0 Å². The summed E-state index contributed by atoms with van der Waals surface area (Å²) in [5.41, 5.74) is -2.78. The molecule has 0 aliphatic carbocycles. The Morgan fingerprint density at radius 1 is 1.35 bits per heavy atom. The lowest BCUT2D eigenvalue weighted by molar-refractivity contribution is -0.141. The monoisotopic (exact) mass is 249 g/mol. The molecule has 0 amide bonds.